The Morgan fingerprint density at radius 2 is 1.81 bits per heavy atom. The number of aliphatic imine (C=N–C) groups is 1. The Balaban J connectivity index is 1.58. The van der Waals surface area contributed by atoms with Gasteiger partial charge in [-0.05, 0) is 35.9 Å². The average molecular weight is 422 g/mol. The van der Waals surface area contributed by atoms with Gasteiger partial charge in [-0.1, -0.05) is 42.5 Å². The first-order valence-electron chi connectivity index (χ1n) is 10.5. The Bertz CT molecular complexity index is 1480. The van der Waals surface area contributed by atoms with Crippen molar-refractivity contribution in [2.45, 2.75) is 12.7 Å². The predicted molar refractivity (Wildman–Crippen MR) is 127 cm³/mol. The maximum atomic E-state index is 6.18. The highest BCUT2D eigenvalue weighted by Gasteiger charge is 2.28. The summed E-state index contributed by atoms with van der Waals surface area (Å²) >= 11 is 0. The third kappa shape index (κ3) is 2.90. The van der Waals surface area contributed by atoms with Crippen molar-refractivity contribution in [3.05, 3.63) is 90.1 Å². The number of benzene rings is 3. The number of nitrogens with one attached hydrogen (secondary N) is 1. The van der Waals surface area contributed by atoms with Gasteiger partial charge in [0.15, 0.2) is 12.1 Å². The number of rotatable bonds is 4. The van der Waals surface area contributed by atoms with E-state index >= 15 is 0 Å². The smallest absolute Gasteiger partial charge is 0.212 e. The molecule has 3 heterocycles. The number of hydrogen-bond donors (Lipinski definition) is 2. The van der Waals surface area contributed by atoms with Crippen LogP contribution in [0.25, 0.3) is 21.9 Å². The van der Waals surface area contributed by atoms with Crippen LogP contribution >= 0.6 is 0 Å². The van der Waals surface area contributed by atoms with E-state index in [9.17, 15) is 0 Å². The molecule has 0 radical (unpaired) electrons. The first kappa shape index (κ1) is 18.5. The molecule has 0 spiro atoms. The van der Waals surface area contributed by atoms with E-state index in [0.29, 0.717) is 11.9 Å². The zero-order valence-corrected chi connectivity index (χ0v) is 17.6. The third-order valence-corrected chi connectivity index (χ3v) is 5.93. The second-order valence-electron chi connectivity index (χ2n) is 7.89. The molecule has 0 aliphatic carbocycles. The van der Waals surface area contributed by atoms with Crippen molar-refractivity contribution in [1.29, 1.82) is 0 Å². The molecule has 1 aliphatic heterocycles. The SMILES string of the molecule is COc1ccc2c(c1)c([C@@H]1N=C(N)Nc3nc4ccccc4n31)cn2Cc1ccccc1. The number of nitrogens with two attached hydrogens (primary N) is 1. The number of hydrogen-bond acceptors (Lipinski definition) is 5. The molecule has 1 atom stereocenters. The molecule has 7 heteroatoms. The van der Waals surface area contributed by atoms with Crippen LogP contribution in [0, 0.1) is 0 Å². The van der Waals surface area contributed by atoms with Crippen molar-refractivity contribution in [2.75, 3.05) is 12.4 Å². The summed E-state index contributed by atoms with van der Waals surface area (Å²) < 4.78 is 9.90. The van der Waals surface area contributed by atoms with E-state index in [1.54, 1.807) is 7.11 Å². The minimum absolute atomic E-state index is 0.342. The maximum absolute atomic E-state index is 6.18. The van der Waals surface area contributed by atoms with Crippen molar-refractivity contribution < 1.29 is 4.74 Å². The van der Waals surface area contributed by atoms with Crippen LogP contribution in [0.15, 0.2) is 84.0 Å². The van der Waals surface area contributed by atoms with Crippen LogP contribution in [0.3, 0.4) is 0 Å². The topological polar surface area (TPSA) is 82.4 Å². The molecule has 158 valence electrons. The van der Waals surface area contributed by atoms with Crippen LogP contribution in [-0.2, 0) is 6.54 Å². The van der Waals surface area contributed by atoms with Crippen molar-refractivity contribution in [1.82, 2.24) is 14.1 Å². The Labute approximate surface area is 184 Å². The fourth-order valence-corrected chi connectivity index (χ4v) is 4.47. The Morgan fingerprint density at radius 1 is 1.00 bits per heavy atom. The van der Waals surface area contributed by atoms with Crippen molar-refractivity contribution >= 4 is 33.8 Å². The Kier molecular flexibility index (Phi) is 4.14. The average Bonchev–Trinajstić information content (AvgIpc) is 3.37. The summed E-state index contributed by atoms with van der Waals surface area (Å²) in [6, 6.07) is 24.6. The summed E-state index contributed by atoms with van der Waals surface area (Å²) in [5.74, 6) is 1.85. The Morgan fingerprint density at radius 3 is 2.66 bits per heavy atom. The van der Waals surface area contributed by atoms with Gasteiger partial charge in [0.2, 0.25) is 5.95 Å². The lowest BCUT2D eigenvalue weighted by Gasteiger charge is -2.23. The summed E-state index contributed by atoms with van der Waals surface area (Å²) in [6.07, 6.45) is 1.83. The standard InChI is InChI=1S/C25H22N6O/c1-32-17-11-12-21-18(13-17)19(15-30(21)14-16-7-3-2-4-8-16)23-28-24(26)29-25-27-20-9-5-6-10-22(20)31(23)25/h2-13,15,23H,14H2,1H3,(H3,26,27,28,29)/t23-/m1/s1. The molecule has 1 aliphatic rings. The number of para-hydroxylation sites is 2. The highest BCUT2D eigenvalue weighted by Crippen LogP contribution is 2.37. The molecular formula is C25H22N6O. The molecule has 0 amide bonds. The van der Waals surface area contributed by atoms with E-state index in [4.69, 9.17) is 20.4 Å². The van der Waals surface area contributed by atoms with E-state index in [-0.39, 0.29) is 6.17 Å². The van der Waals surface area contributed by atoms with Gasteiger partial charge in [-0.2, -0.15) is 0 Å². The first-order chi connectivity index (χ1) is 15.7. The number of fused-ring (bicyclic) bond motifs is 4. The summed E-state index contributed by atoms with van der Waals surface area (Å²) in [5.41, 5.74) is 11.5. The van der Waals surface area contributed by atoms with Crippen molar-refractivity contribution in [3.63, 3.8) is 0 Å². The molecular weight excluding hydrogens is 400 g/mol. The highest BCUT2D eigenvalue weighted by atomic mass is 16.5. The van der Waals surface area contributed by atoms with Gasteiger partial charge in [-0.25, -0.2) is 9.98 Å². The van der Waals surface area contributed by atoms with Crippen LogP contribution in [-0.4, -0.2) is 27.2 Å². The van der Waals surface area contributed by atoms with Gasteiger partial charge in [0, 0.05) is 29.2 Å². The Hall–Kier alpha value is -4.26. The van der Waals surface area contributed by atoms with Gasteiger partial charge in [-0.3, -0.25) is 9.88 Å². The maximum Gasteiger partial charge on any atom is 0.212 e. The normalized spacial score (nSPS) is 15.4. The van der Waals surface area contributed by atoms with Gasteiger partial charge in [0.05, 0.1) is 18.1 Å². The second-order valence-corrected chi connectivity index (χ2v) is 7.89. The zero-order chi connectivity index (χ0) is 21.7. The summed E-state index contributed by atoms with van der Waals surface area (Å²) in [5, 5.41) is 4.19. The van der Waals surface area contributed by atoms with Crippen LogP contribution in [0.2, 0.25) is 0 Å². The number of anilines is 1. The molecule has 0 saturated carbocycles. The quantitative estimate of drug-likeness (QED) is 0.452. The minimum atomic E-state index is -0.342. The summed E-state index contributed by atoms with van der Waals surface area (Å²) in [6.45, 7) is 0.755. The minimum Gasteiger partial charge on any atom is -0.497 e. The molecule has 7 nitrogen and oxygen atoms in total. The predicted octanol–water partition coefficient (Wildman–Crippen LogP) is 4.34. The lowest BCUT2D eigenvalue weighted by molar-refractivity contribution is 0.415. The van der Waals surface area contributed by atoms with E-state index in [0.717, 1.165) is 39.8 Å². The number of imidazole rings is 1. The van der Waals surface area contributed by atoms with Gasteiger partial charge < -0.3 is 15.0 Å². The van der Waals surface area contributed by atoms with Crippen molar-refractivity contribution in [3.8, 4) is 5.75 Å². The molecule has 6 rings (SSSR count). The third-order valence-electron chi connectivity index (χ3n) is 5.93. The summed E-state index contributed by atoms with van der Waals surface area (Å²) in [7, 11) is 1.68. The number of methoxy groups -OCH3 is 1. The zero-order valence-electron chi connectivity index (χ0n) is 17.6. The fraction of sp³-hybridized carbons (Fsp3) is 0.120. The van der Waals surface area contributed by atoms with Crippen LogP contribution in [0.5, 0.6) is 5.75 Å². The van der Waals surface area contributed by atoms with Gasteiger partial charge in [-0.15, -0.1) is 0 Å². The molecule has 3 N–H and O–H groups in total. The second kappa shape index (κ2) is 7.16. The number of aromatic nitrogens is 3. The monoisotopic (exact) mass is 422 g/mol. The molecule has 3 aromatic carbocycles. The highest BCUT2D eigenvalue weighted by molar-refractivity contribution is 5.95. The van der Waals surface area contributed by atoms with Crippen LogP contribution < -0.4 is 15.8 Å². The van der Waals surface area contributed by atoms with Crippen LogP contribution in [0.1, 0.15) is 17.3 Å². The molecule has 5 aromatic rings. The van der Waals surface area contributed by atoms with E-state index in [2.05, 4.69) is 63.1 Å². The molecule has 0 saturated heterocycles. The number of ether oxygens (including phenoxy) is 1. The van der Waals surface area contributed by atoms with E-state index < -0.39 is 0 Å². The first-order valence-corrected chi connectivity index (χ1v) is 10.5. The number of nitrogens with zero attached hydrogens (tertiary/aromatic N) is 4. The van der Waals surface area contributed by atoms with Gasteiger partial charge in [0.1, 0.15) is 5.75 Å². The van der Waals surface area contributed by atoms with Crippen molar-refractivity contribution in [2.24, 2.45) is 10.7 Å². The molecule has 32 heavy (non-hydrogen) atoms. The molecule has 0 bridgehead atoms. The lowest BCUT2D eigenvalue weighted by Crippen LogP contribution is -2.31. The largest absolute Gasteiger partial charge is 0.497 e. The van der Waals surface area contributed by atoms with Gasteiger partial charge in [0.25, 0.3) is 0 Å². The summed E-state index contributed by atoms with van der Waals surface area (Å²) in [4.78, 5) is 9.52. The van der Waals surface area contributed by atoms with Crippen LogP contribution in [0.4, 0.5) is 5.95 Å². The molecule has 0 unspecified atom stereocenters. The van der Waals surface area contributed by atoms with E-state index in [1.807, 2.05) is 30.3 Å². The lowest BCUT2D eigenvalue weighted by atomic mass is 10.1. The fourth-order valence-electron chi connectivity index (χ4n) is 4.47. The van der Waals surface area contributed by atoms with E-state index in [1.165, 1.54) is 5.56 Å². The molecule has 2 aromatic heterocycles. The van der Waals surface area contributed by atoms with Gasteiger partial charge >= 0.3 is 0 Å². The molecule has 0 fully saturated rings. The number of guanidine groups is 1.